The number of aromatic carboxylic acids is 1. The van der Waals surface area contributed by atoms with Gasteiger partial charge in [0.1, 0.15) is 6.33 Å². The molecule has 1 aromatic heterocycles. The average Bonchev–Trinajstić information content (AvgIpc) is 3.28. The Morgan fingerprint density at radius 2 is 2.00 bits per heavy atom. The minimum absolute atomic E-state index is 0.0499. The Kier molecular flexibility index (Phi) is 4.89. The summed E-state index contributed by atoms with van der Waals surface area (Å²) in [6.45, 7) is 1.24. The van der Waals surface area contributed by atoms with Crippen LogP contribution in [-0.4, -0.2) is 50.2 Å². The van der Waals surface area contributed by atoms with Crippen molar-refractivity contribution < 1.29 is 14.7 Å². The molecule has 142 valence electrons. The fourth-order valence-corrected chi connectivity index (χ4v) is 3.74. The number of carboxylic acids is 1. The molecular weight excluding hydrogens is 356 g/mol. The second-order valence-corrected chi connectivity index (χ2v) is 6.90. The lowest BCUT2D eigenvalue weighted by Crippen LogP contribution is -2.39. The molecule has 3 aromatic rings. The fraction of sp³-hybridized carbons (Fsp3) is 0.238. The first kappa shape index (κ1) is 17.9. The number of rotatable bonds is 4. The summed E-state index contributed by atoms with van der Waals surface area (Å²) < 4.78 is 0. The standard InChI is InChI=1S/C21H20N4O3/c26-20(18-9-2-1-8-17(18)19-22-13-23-24-19)25-10-4-7-16(12-25)14-5-3-6-15(11-14)21(27)28/h1-3,5-6,8-9,11,13,16H,4,7,10,12H2,(H,27,28)(H,22,23,24). The van der Waals surface area contributed by atoms with Crippen LogP contribution in [0.2, 0.25) is 0 Å². The second kappa shape index (κ2) is 7.64. The molecule has 1 amide bonds. The number of nitrogens with one attached hydrogen (secondary N) is 1. The number of amides is 1. The van der Waals surface area contributed by atoms with E-state index in [-0.39, 0.29) is 17.4 Å². The van der Waals surface area contributed by atoms with E-state index >= 15 is 0 Å². The van der Waals surface area contributed by atoms with E-state index in [1.807, 2.05) is 29.2 Å². The van der Waals surface area contributed by atoms with E-state index in [0.717, 1.165) is 24.0 Å². The molecule has 7 heteroatoms. The van der Waals surface area contributed by atoms with Crippen LogP contribution >= 0.6 is 0 Å². The number of carbonyl (C=O) groups is 2. The summed E-state index contributed by atoms with van der Waals surface area (Å²) in [5.41, 5.74) is 2.54. The van der Waals surface area contributed by atoms with Crippen molar-refractivity contribution in [3.63, 3.8) is 0 Å². The van der Waals surface area contributed by atoms with E-state index in [2.05, 4.69) is 15.2 Å². The van der Waals surface area contributed by atoms with Gasteiger partial charge in [0, 0.05) is 24.6 Å². The Labute approximate surface area is 162 Å². The number of nitrogens with zero attached hydrogens (tertiary/aromatic N) is 3. The number of likely N-dealkylation sites (tertiary alicyclic amines) is 1. The molecule has 2 aromatic carbocycles. The molecule has 1 unspecified atom stereocenters. The summed E-state index contributed by atoms with van der Waals surface area (Å²) in [5.74, 6) is -0.307. The molecule has 1 atom stereocenters. The highest BCUT2D eigenvalue weighted by Gasteiger charge is 2.27. The zero-order valence-corrected chi connectivity index (χ0v) is 15.2. The van der Waals surface area contributed by atoms with Gasteiger partial charge in [0.25, 0.3) is 5.91 Å². The Balaban J connectivity index is 1.58. The number of hydrogen-bond acceptors (Lipinski definition) is 4. The van der Waals surface area contributed by atoms with Crippen LogP contribution in [0.3, 0.4) is 0 Å². The van der Waals surface area contributed by atoms with Crippen LogP contribution in [0.4, 0.5) is 0 Å². The fourth-order valence-electron chi connectivity index (χ4n) is 3.74. The molecule has 0 radical (unpaired) electrons. The maximum absolute atomic E-state index is 13.2. The third-order valence-electron chi connectivity index (χ3n) is 5.14. The maximum atomic E-state index is 13.2. The van der Waals surface area contributed by atoms with Gasteiger partial charge in [-0.3, -0.25) is 9.89 Å². The zero-order valence-electron chi connectivity index (χ0n) is 15.2. The van der Waals surface area contributed by atoms with Crippen molar-refractivity contribution in [2.24, 2.45) is 0 Å². The number of aromatic nitrogens is 3. The number of benzene rings is 2. The summed E-state index contributed by atoms with van der Waals surface area (Å²) in [6, 6.07) is 14.4. The predicted octanol–water partition coefficient (Wildman–Crippen LogP) is 3.19. The van der Waals surface area contributed by atoms with Gasteiger partial charge in [-0.25, -0.2) is 9.78 Å². The highest BCUT2D eigenvalue weighted by Crippen LogP contribution is 2.30. The first-order chi connectivity index (χ1) is 13.6. The molecule has 4 rings (SSSR count). The van der Waals surface area contributed by atoms with E-state index in [4.69, 9.17) is 0 Å². The average molecular weight is 376 g/mol. The molecule has 1 fully saturated rings. The smallest absolute Gasteiger partial charge is 0.335 e. The SMILES string of the molecule is O=C(O)c1cccc(C2CCCN(C(=O)c3ccccc3-c3ncn[nH]3)C2)c1. The van der Waals surface area contributed by atoms with E-state index in [1.54, 1.807) is 24.3 Å². The van der Waals surface area contributed by atoms with Crippen molar-refractivity contribution >= 4 is 11.9 Å². The number of carboxylic acid groups (broad SMARTS) is 1. The van der Waals surface area contributed by atoms with Crippen LogP contribution in [0.15, 0.2) is 54.9 Å². The highest BCUT2D eigenvalue weighted by molar-refractivity contribution is 6.00. The molecule has 1 saturated heterocycles. The number of H-pyrrole nitrogens is 1. The van der Waals surface area contributed by atoms with Crippen molar-refractivity contribution in [1.29, 1.82) is 0 Å². The van der Waals surface area contributed by atoms with Crippen molar-refractivity contribution in [3.05, 3.63) is 71.5 Å². The second-order valence-electron chi connectivity index (χ2n) is 6.90. The topological polar surface area (TPSA) is 99.2 Å². The molecule has 2 N–H and O–H groups in total. The molecule has 0 aliphatic carbocycles. The van der Waals surface area contributed by atoms with Gasteiger partial charge in [-0.1, -0.05) is 30.3 Å². The quantitative estimate of drug-likeness (QED) is 0.728. The van der Waals surface area contributed by atoms with Crippen molar-refractivity contribution in [3.8, 4) is 11.4 Å². The van der Waals surface area contributed by atoms with Crippen molar-refractivity contribution in [2.45, 2.75) is 18.8 Å². The largest absolute Gasteiger partial charge is 0.478 e. The zero-order chi connectivity index (χ0) is 19.5. The molecule has 2 heterocycles. The Bertz CT molecular complexity index is 1000. The third kappa shape index (κ3) is 3.51. The van der Waals surface area contributed by atoms with Gasteiger partial charge in [-0.15, -0.1) is 0 Å². The summed E-state index contributed by atoms with van der Waals surface area (Å²) >= 11 is 0. The molecule has 0 saturated carbocycles. The monoisotopic (exact) mass is 376 g/mol. The summed E-state index contributed by atoms with van der Waals surface area (Å²) in [7, 11) is 0. The van der Waals surface area contributed by atoms with Crippen LogP contribution in [0.1, 0.15) is 45.0 Å². The van der Waals surface area contributed by atoms with Gasteiger partial charge < -0.3 is 10.0 Å². The normalized spacial score (nSPS) is 16.7. The maximum Gasteiger partial charge on any atom is 0.335 e. The first-order valence-corrected chi connectivity index (χ1v) is 9.21. The lowest BCUT2D eigenvalue weighted by molar-refractivity contribution is 0.0688. The molecule has 0 spiro atoms. The number of hydrogen-bond donors (Lipinski definition) is 2. The first-order valence-electron chi connectivity index (χ1n) is 9.21. The molecule has 0 bridgehead atoms. The summed E-state index contributed by atoms with van der Waals surface area (Å²) in [5, 5.41) is 15.9. The van der Waals surface area contributed by atoms with Crippen LogP contribution in [-0.2, 0) is 0 Å². The lowest BCUT2D eigenvalue weighted by Gasteiger charge is -2.33. The van der Waals surface area contributed by atoms with Gasteiger partial charge in [0.15, 0.2) is 5.82 Å². The van der Waals surface area contributed by atoms with E-state index in [9.17, 15) is 14.7 Å². The van der Waals surface area contributed by atoms with E-state index in [1.165, 1.54) is 6.33 Å². The molecule has 7 nitrogen and oxygen atoms in total. The lowest BCUT2D eigenvalue weighted by atomic mass is 9.89. The molecular formula is C21H20N4O3. The predicted molar refractivity (Wildman–Crippen MR) is 103 cm³/mol. The van der Waals surface area contributed by atoms with Crippen LogP contribution in [0.5, 0.6) is 0 Å². The summed E-state index contributed by atoms with van der Waals surface area (Å²) in [4.78, 5) is 30.5. The minimum atomic E-state index is -0.938. The number of piperidine rings is 1. The Morgan fingerprint density at radius 1 is 1.14 bits per heavy atom. The van der Waals surface area contributed by atoms with Crippen molar-refractivity contribution in [1.82, 2.24) is 20.1 Å². The molecule has 1 aliphatic rings. The van der Waals surface area contributed by atoms with Gasteiger partial charge in [0.05, 0.1) is 11.1 Å². The van der Waals surface area contributed by atoms with Crippen LogP contribution < -0.4 is 0 Å². The van der Waals surface area contributed by atoms with Gasteiger partial charge in [-0.05, 0) is 36.6 Å². The highest BCUT2D eigenvalue weighted by atomic mass is 16.4. The van der Waals surface area contributed by atoms with Crippen LogP contribution in [0.25, 0.3) is 11.4 Å². The minimum Gasteiger partial charge on any atom is -0.478 e. The van der Waals surface area contributed by atoms with Gasteiger partial charge in [0.2, 0.25) is 0 Å². The third-order valence-corrected chi connectivity index (χ3v) is 5.14. The van der Waals surface area contributed by atoms with E-state index in [0.29, 0.717) is 24.5 Å². The molecule has 1 aliphatic heterocycles. The Morgan fingerprint density at radius 3 is 2.79 bits per heavy atom. The number of aromatic amines is 1. The number of carbonyl (C=O) groups excluding carboxylic acids is 1. The van der Waals surface area contributed by atoms with E-state index < -0.39 is 5.97 Å². The van der Waals surface area contributed by atoms with Crippen LogP contribution in [0, 0.1) is 0 Å². The Hall–Kier alpha value is -3.48. The molecule has 28 heavy (non-hydrogen) atoms. The summed E-state index contributed by atoms with van der Waals surface area (Å²) in [6.07, 6.45) is 3.22. The van der Waals surface area contributed by atoms with Crippen molar-refractivity contribution in [2.75, 3.05) is 13.1 Å². The van der Waals surface area contributed by atoms with Gasteiger partial charge >= 0.3 is 5.97 Å². The van der Waals surface area contributed by atoms with Gasteiger partial charge in [-0.2, -0.15) is 5.10 Å².